The molecular formula is C25H34N6O3S. The Morgan fingerprint density at radius 1 is 1.29 bits per heavy atom. The summed E-state index contributed by atoms with van der Waals surface area (Å²) in [7, 11) is 0. The molecule has 2 aromatic rings. The zero-order valence-electron chi connectivity index (χ0n) is 20.2. The molecule has 2 aliphatic rings. The molecule has 1 atom stereocenters. The molecule has 4 heterocycles. The third kappa shape index (κ3) is 6.37. The maximum Gasteiger partial charge on any atom is 0.317 e. The SMILES string of the molecule is C[C@H](CCc1ncccc1C(N)=O)N1CCC(N(Cc2ccsc2)C(=O)CN2CCNC2=O)CC1. The molecule has 0 saturated carbocycles. The minimum atomic E-state index is -0.441. The number of pyridine rings is 1. The van der Waals surface area contributed by atoms with Gasteiger partial charge in [0.05, 0.1) is 11.3 Å². The van der Waals surface area contributed by atoms with Crippen molar-refractivity contribution in [2.45, 2.75) is 51.2 Å². The fourth-order valence-corrected chi connectivity index (χ4v) is 5.60. The standard InChI is InChI=1S/C25H34N6O3S/c1-18(4-5-22-21(24(26)33)3-2-9-27-22)29-11-6-20(7-12-29)31(15-19-8-14-35-17-19)23(32)16-30-13-10-28-25(30)34/h2-3,8-9,14,17-18,20H,4-7,10-13,15-16H2,1H3,(H2,26,33)(H,28,34)/t18-/m1/s1. The van der Waals surface area contributed by atoms with E-state index in [1.807, 2.05) is 10.3 Å². The first-order valence-corrected chi connectivity index (χ1v) is 13.2. The number of likely N-dealkylation sites (tertiary alicyclic amines) is 1. The lowest BCUT2D eigenvalue weighted by atomic mass is 9.98. The molecule has 188 valence electrons. The molecular weight excluding hydrogens is 464 g/mol. The Bertz CT molecular complexity index is 1020. The Hall–Kier alpha value is -2.98. The van der Waals surface area contributed by atoms with E-state index in [2.05, 4.69) is 33.6 Å². The summed E-state index contributed by atoms with van der Waals surface area (Å²) >= 11 is 1.63. The molecule has 0 aliphatic carbocycles. The smallest absolute Gasteiger partial charge is 0.317 e. The van der Waals surface area contributed by atoms with Gasteiger partial charge in [-0.05, 0) is 67.1 Å². The Balaban J connectivity index is 1.34. The number of nitrogens with one attached hydrogen (secondary N) is 1. The van der Waals surface area contributed by atoms with E-state index in [9.17, 15) is 14.4 Å². The molecule has 35 heavy (non-hydrogen) atoms. The van der Waals surface area contributed by atoms with E-state index in [4.69, 9.17) is 5.73 Å². The van der Waals surface area contributed by atoms with Crippen LogP contribution in [0.4, 0.5) is 4.79 Å². The van der Waals surface area contributed by atoms with Crippen molar-refractivity contribution in [3.8, 4) is 0 Å². The van der Waals surface area contributed by atoms with Crippen LogP contribution in [0.15, 0.2) is 35.2 Å². The highest BCUT2D eigenvalue weighted by molar-refractivity contribution is 7.07. The summed E-state index contributed by atoms with van der Waals surface area (Å²) in [5.41, 5.74) is 7.87. The molecule has 3 N–H and O–H groups in total. The quantitative estimate of drug-likeness (QED) is 0.521. The molecule has 9 nitrogen and oxygen atoms in total. The summed E-state index contributed by atoms with van der Waals surface area (Å²) in [5.74, 6) is -0.433. The van der Waals surface area contributed by atoms with E-state index < -0.39 is 5.91 Å². The van der Waals surface area contributed by atoms with Crippen LogP contribution in [0.5, 0.6) is 0 Å². The molecule has 2 fully saturated rings. The molecule has 0 aromatic carbocycles. The average molecular weight is 499 g/mol. The zero-order valence-corrected chi connectivity index (χ0v) is 21.0. The van der Waals surface area contributed by atoms with Crippen molar-refractivity contribution in [3.63, 3.8) is 0 Å². The second kappa shape index (κ2) is 11.6. The van der Waals surface area contributed by atoms with Gasteiger partial charge in [-0.25, -0.2) is 4.79 Å². The predicted molar refractivity (Wildman–Crippen MR) is 135 cm³/mol. The number of aromatic nitrogens is 1. The fourth-order valence-electron chi connectivity index (χ4n) is 4.94. The number of hydrogen-bond donors (Lipinski definition) is 2. The van der Waals surface area contributed by atoms with Crippen LogP contribution in [0, 0.1) is 0 Å². The van der Waals surface area contributed by atoms with Crippen molar-refractivity contribution < 1.29 is 14.4 Å². The van der Waals surface area contributed by atoms with Gasteiger partial charge in [0, 0.05) is 51.0 Å². The monoisotopic (exact) mass is 498 g/mol. The first-order valence-electron chi connectivity index (χ1n) is 12.2. The minimum absolute atomic E-state index is 0.00822. The normalized spacial score (nSPS) is 17.9. The van der Waals surface area contributed by atoms with Crippen LogP contribution in [0.1, 0.15) is 47.8 Å². The van der Waals surface area contributed by atoms with Crippen LogP contribution >= 0.6 is 11.3 Å². The minimum Gasteiger partial charge on any atom is -0.366 e. The molecule has 10 heteroatoms. The molecule has 4 rings (SSSR count). The van der Waals surface area contributed by atoms with Gasteiger partial charge in [-0.3, -0.25) is 14.6 Å². The lowest BCUT2D eigenvalue weighted by molar-refractivity contribution is -0.135. The Kier molecular flexibility index (Phi) is 8.35. The molecule has 0 radical (unpaired) electrons. The second-order valence-electron chi connectivity index (χ2n) is 9.32. The van der Waals surface area contributed by atoms with Crippen molar-refractivity contribution in [1.29, 1.82) is 0 Å². The van der Waals surface area contributed by atoms with E-state index in [-0.39, 0.29) is 24.5 Å². The van der Waals surface area contributed by atoms with Crippen molar-refractivity contribution in [1.82, 2.24) is 25.0 Å². The fraction of sp³-hybridized carbons (Fsp3) is 0.520. The Morgan fingerprint density at radius 3 is 2.74 bits per heavy atom. The topological polar surface area (TPSA) is 112 Å². The van der Waals surface area contributed by atoms with Crippen LogP contribution in [0.25, 0.3) is 0 Å². The molecule has 0 unspecified atom stereocenters. The number of hydrogen-bond acceptors (Lipinski definition) is 6. The molecule has 2 aromatic heterocycles. The second-order valence-corrected chi connectivity index (χ2v) is 10.1. The molecule has 0 bridgehead atoms. The van der Waals surface area contributed by atoms with Crippen LogP contribution < -0.4 is 11.1 Å². The summed E-state index contributed by atoms with van der Waals surface area (Å²) in [6, 6.07) is 5.83. The van der Waals surface area contributed by atoms with E-state index in [1.54, 1.807) is 34.6 Å². The average Bonchev–Trinajstić information content (AvgIpc) is 3.53. The van der Waals surface area contributed by atoms with Crippen LogP contribution in [0.3, 0.4) is 0 Å². The number of nitrogens with zero attached hydrogens (tertiary/aromatic N) is 4. The van der Waals surface area contributed by atoms with Crippen molar-refractivity contribution in [3.05, 3.63) is 52.0 Å². The zero-order chi connectivity index (χ0) is 24.8. The molecule has 0 spiro atoms. The highest BCUT2D eigenvalue weighted by Crippen LogP contribution is 2.23. The van der Waals surface area contributed by atoms with Gasteiger partial charge in [-0.15, -0.1) is 0 Å². The number of amides is 4. The number of piperidine rings is 1. The number of primary amides is 1. The maximum atomic E-state index is 13.3. The Morgan fingerprint density at radius 2 is 2.09 bits per heavy atom. The first kappa shape index (κ1) is 25.1. The lowest BCUT2D eigenvalue weighted by Gasteiger charge is -2.41. The van der Waals surface area contributed by atoms with Gasteiger partial charge in [-0.1, -0.05) is 0 Å². The number of aryl methyl sites for hydroxylation is 1. The Labute approximate surface area is 210 Å². The number of carbonyl (C=O) groups excluding carboxylic acids is 3. The van der Waals surface area contributed by atoms with E-state index in [0.29, 0.717) is 37.7 Å². The van der Waals surface area contributed by atoms with E-state index >= 15 is 0 Å². The van der Waals surface area contributed by atoms with Crippen molar-refractivity contribution in [2.75, 3.05) is 32.7 Å². The summed E-state index contributed by atoms with van der Waals surface area (Å²) in [5, 5.41) is 6.88. The van der Waals surface area contributed by atoms with Gasteiger partial charge in [0.1, 0.15) is 6.54 Å². The number of carbonyl (C=O) groups is 3. The van der Waals surface area contributed by atoms with Gasteiger partial charge in [-0.2, -0.15) is 11.3 Å². The first-order chi connectivity index (χ1) is 16.9. The third-order valence-electron chi connectivity index (χ3n) is 7.04. The summed E-state index contributed by atoms with van der Waals surface area (Å²) < 4.78 is 0. The lowest BCUT2D eigenvalue weighted by Crippen LogP contribution is -2.51. The molecule has 2 aliphatic heterocycles. The number of urea groups is 1. The van der Waals surface area contributed by atoms with Crippen LogP contribution in [-0.2, 0) is 17.8 Å². The van der Waals surface area contributed by atoms with Gasteiger partial charge in [0.25, 0.3) is 5.91 Å². The van der Waals surface area contributed by atoms with Gasteiger partial charge in [0.2, 0.25) is 5.91 Å². The van der Waals surface area contributed by atoms with Crippen LogP contribution in [-0.4, -0.2) is 82.3 Å². The highest BCUT2D eigenvalue weighted by Gasteiger charge is 2.32. The van der Waals surface area contributed by atoms with Gasteiger partial charge >= 0.3 is 6.03 Å². The summed E-state index contributed by atoms with van der Waals surface area (Å²) in [6.45, 7) is 5.86. The van der Waals surface area contributed by atoms with E-state index in [0.717, 1.165) is 43.6 Å². The van der Waals surface area contributed by atoms with Crippen LogP contribution in [0.2, 0.25) is 0 Å². The summed E-state index contributed by atoms with van der Waals surface area (Å²) in [4.78, 5) is 47.3. The molecule has 4 amide bonds. The maximum absolute atomic E-state index is 13.3. The number of nitrogens with two attached hydrogens (primary N) is 1. The third-order valence-corrected chi connectivity index (χ3v) is 7.77. The van der Waals surface area contributed by atoms with Gasteiger partial charge in [0.15, 0.2) is 0 Å². The van der Waals surface area contributed by atoms with E-state index in [1.165, 1.54) is 0 Å². The largest absolute Gasteiger partial charge is 0.366 e. The molecule has 2 saturated heterocycles. The number of thiophene rings is 1. The number of rotatable bonds is 10. The predicted octanol–water partition coefficient (Wildman–Crippen LogP) is 2.08. The van der Waals surface area contributed by atoms with Gasteiger partial charge < -0.3 is 25.8 Å². The summed E-state index contributed by atoms with van der Waals surface area (Å²) in [6.07, 6.45) is 5.05. The van der Waals surface area contributed by atoms with Crippen molar-refractivity contribution >= 4 is 29.2 Å². The highest BCUT2D eigenvalue weighted by atomic mass is 32.1. The van der Waals surface area contributed by atoms with Crippen molar-refractivity contribution in [2.24, 2.45) is 5.73 Å².